The van der Waals surface area contributed by atoms with Crippen molar-refractivity contribution in [3.63, 3.8) is 0 Å². The zero-order valence-corrected chi connectivity index (χ0v) is 13.6. The normalized spacial score (nSPS) is 10.6. The van der Waals surface area contributed by atoms with E-state index in [9.17, 15) is 0 Å². The number of H-pyrrole nitrogens is 1. The van der Waals surface area contributed by atoms with Crippen LogP contribution in [0.2, 0.25) is 0 Å². The number of aromatic nitrogens is 3. The van der Waals surface area contributed by atoms with Gasteiger partial charge in [0.05, 0.1) is 11.9 Å². The van der Waals surface area contributed by atoms with E-state index in [4.69, 9.17) is 4.74 Å². The Bertz CT molecular complexity index is 932. The van der Waals surface area contributed by atoms with E-state index in [-0.39, 0.29) is 0 Å². The van der Waals surface area contributed by atoms with Crippen molar-refractivity contribution < 1.29 is 4.74 Å². The second-order valence-electron chi connectivity index (χ2n) is 5.69. The minimum Gasteiger partial charge on any atom is -0.489 e. The highest BCUT2D eigenvalue weighted by Gasteiger charge is 2.06. The number of nitrogens with one attached hydrogen (secondary N) is 1. The molecule has 0 unspecified atom stereocenters. The molecule has 4 rings (SSSR count). The zero-order chi connectivity index (χ0) is 16.9. The van der Waals surface area contributed by atoms with Crippen LogP contribution in [0.3, 0.4) is 0 Å². The lowest BCUT2D eigenvalue weighted by Crippen LogP contribution is -1.94. The van der Waals surface area contributed by atoms with Gasteiger partial charge in [0.1, 0.15) is 18.2 Å². The predicted molar refractivity (Wildman–Crippen MR) is 98.0 cm³/mol. The number of imidazole rings is 1. The highest BCUT2D eigenvalue weighted by atomic mass is 16.5. The summed E-state index contributed by atoms with van der Waals surface area (Å²) in [6.45, 7) is 0.562. The fourth-order valence-electron chi connectivity index (χ4n) is 2.59. The summed E-state index contributed by atoms with van der Waals surface area (Å²) in [7, 11) is 0. The van der Waals surface area contributed by atoms with Gasteiger partial charge in [-0.15, -0.1) is 0 Å². The van der Waals surface area contributed by atoms with Crippen LogP contribution in [-0.2, 0) is 6.61 Å². The highest BCUT2D eigenvalue weighted by molar-refractivity contribution is 5.64. The van der Waals surface area contributed by atoms with Gasteiger partial charge in [0.2, 0.25) is 0 Å². The molecule has 0 amide bonds. The average Bonchev–Trinajstić information content (AvgIpc) is 3.19. The third-order valence-corrected chi connectivity index (χ3v) is 3.92. The molecular formula is C21H17N3O. The van der Waals surface area contributed by atoms with Gasteiger partial charge in [0.15, 0.2) is 0 Å². The van der Waals surface area contributed by atoms with Crippen molar-refractivity contribution in [2.24, 2.45) is 0 Å². The SMILES string of the molecule is c1ccc(COc2ccc(-c3ncc(-c4cccnc4)[nH]3)cc2)cc1. The van der Waals surface area contributed by atoms with Crippen LogP contribution >= 0.6 is 0 Å². The molecule has 0 aliphatic heterocycles. The maximum atomic E-state index is 5.82. The van der Waals surface area contributed by atoms with Gasteiger partial charge in [-0.2, -0.15) is 0 Å². The summed E-state index contributed by atoms with van der Waals surface area (Å²) in [5.74, 6) is 1.67. The Labute approximate surface area is 146 Å². The smallest absolute Gasteiger partial charge is 0.137 e. The van der Waals surface area contributed by atoms with Crippen LogP contribution in [0.5, 0.6) is 5.75 Å². The highest BCUT2D eigenvalue weighted by Crippen LogP contribution is 2.23. The molecule has 0 fully saturated rings. The third-order valence-electron chi connectivity index (χ3n) is 3.92. The largest absolute Gasteiger partial charge is 0.489 e. The van der Waals surface area contributed by atoms with Crippen LogP contribution in [0.1, 0.15) is 5.56 Å². The van der Waals surface area contributed by atoms with E-state index >= 15 is 0 Å². The lowest BCUT2D eigenvalue weighted by atomic mass is 10.2. The standard InChI is InChI=1S/C21H17N3O/c1-2-5-16(6-3-1)15-25-19-10-8-17(9-11-19)21-23-14-20(24-21)18-7-4-12-22-13-18/h1-14H,15H2,(H,23,24). The van der Waals surface area contributed by atoms with E-state index in [0.29, 0.717) is 6.61 Å². The van der Waals surface area contributed by atoms with Crippen molar-refractivity contribution in [2.75, 3.05) is 0 Å². The maximum absolute atomic E-state index is 5.82. The van der Waals surface area contributed by atoms with Crippen molar-refractivity contribution in [3.8, 4) is 28.4 Å². The Hall–Kier alpha value is -3.40. The van der Waals surface area contributed by atoms with E-state index in [1.165, 1.54) is 0 Å². The van der Waals surface area contributed by atoms with Crippen molar-refractivity contribution in [1.82, 2.24) is 15.0 Å². The Morgan fingerprint density at radius 3 is 2.40 bits per heavy atom. The van der Waals surface area contributed by atoms with Crippen LogP contribution in [0.25, 0.3) is 22.6 Å². The number of aromatic amines is 1. The number of rotatable bonds is 5. The summed E-state index contributed by atoms with van der Waals surface area (Å²) in [6, 6.07) is 22.0. The van der Waals surface area contributed by atoms with E-state index in [0.717, 1.165) is 34.0 Å². The van der Waals surface area contributed by atoms with Crippen LogP contribution < -0.4 is 4.74 Å². The maximum Gasteiger partial charge on any atom is 0.137 e. The summed E-state index contributed by atoms with van der Waals surface area (Å²) in [5, 5.41) is 0. The van der Waals surface area contributed by atoms with E-state index in [1.807, 2.05) is 67.0 Å². The molecular weight excluding hydrogens is 310 g/mol. The first-order valence-corrected chi connectivity index (χ1v) is 8.11. The molecule has 4 heteroatoms. The quantitative estimate of drug-likeness (QED) is 0.577. The van der Waals surface area contributed by atoms with Gasteiger partial charge in [0.25, 0.3) is 0 Å². The molecule has 4 aromatic rings. The lowest BCUT2D eigenvalue weighted by Gasteiger charge is -2.06. The molecule has 1 N–H and O–H groups in total. The second-order valence-corrected chi connectivity index (χ2v) is 5.69. The van der Waals surface area contributed by atoms with Gasteiger partial charge in [-0.25, -0.2) is 4.98 Å². The van der Waals surface area contributed by atoms with E-state index < -0.39 is 0 Å². The molecule has 0 radical (unpaired) electrons. The first-order valence-electron chi connectivity index (χ1n) is 8.11. The summed E-state index contributed by atoms with van der Waals surface area (Å²) in [4.78, 5) is 11.9. The minimum atomic E-state index is 0.562. The minimum absolute atomic E-state index is 0.562. The van der Waals surface area contributed by atoms with Gasteiger partial charge in [-0.1, -0.05) is 30.3 Å². The number of pyridine rings is 1. The second kappa shape index (κ2) is 7.01. The molecule has 2 aromatic carbocycles. The van der Waals surface area contributed by atoms with Gasteiger partial charge in [-0.05, 0) is 42.0 Å². The summed E-state index contributed by atoms with van der Waals surface area (Å²) in [6.07, 6.45) is 5.40. The fraction of sp³-hybridized carbons (Fsp3) is 0.0476. The number of ether oxygens (including phenoxy) is 1. The van der Waals surface area contributed by atoms with Crippen LogP contribution in [0.15, 0.2) is 85.3 Å². The molecule has 25 heavy (non-hydrogen) atoms. The molecule has 0 aliphatic rings. The molecule has 0 spiro atoms. The van der Waals surface area contributed by atoms with Crippen molar-refractivity contribution >= 4 is 0 Å². The van der Waals surface area contributed by atoms with Gasteiger partial charge < -0.3 is 9.72 Å². The first-order chi connectivity index (χ1) is 12.4. The topological polar surface area (TPSA) is 50.8 Å². The molecule has 0 atom stereocenters. The summed E-state index contributed by atoms with van der Waals surface area (Å²) in [5.41, 5.74) is 4.14. The fourth-order valence-corrected chi connectivity index (χ4v) is 2.59. The Balaban J connectivity index is 1.46. The van der Waals surface area contributed by atoms with Crippen molar-refractivity contribution in [3.05, 3.63) is 90.9 Å². The molecule has 0 bridgehead atoms. The summed E-state index contributed by atoms with van der Waals surface area (Å²) >= 11 is 0. The molecule has 0 saturated carbocycles. The number of hydrogen-bond donors (Lipinski definition) is 1. The molecule has 2 aromatic heterocycles. The van der Waals surface area contributed by atoms with E-state index in [1.54, 1.807) is 6.20 Å². The molecule has 0 saturated heterocycles. The predicted octanol–water partition coefficient (Wildman–Crippen LogP) is 4.72. The van der Waals surface area contributed by atoms with Crippen LogP contribution in [0.4, 0.5) is 0 Å². The molecule has 4 nitrogen and oxygen atoms in total. The Morgan fingerprint density at radius 1 is 0.800 bits per heavy atom. The zero-order valence-electron chi connectivity index (χ0n) is 13.6. The molecule has 122 valence electrons. The van der Waals surface area contributed by atoms with Gasteiger partial charge >= 0.3 is 0 Å². The Morgan fingerprint density at radius 2 is 1.64 bits per heavy atom. The Kier molecular flexibility index (Phi) is 4.25. The lowest BCUT2D eigenvalue weighted by molar-refractivity contribution is 0.306. The van der Waals surface area contributed by atoms with Crippen LogP contribution in [-0.4, -0.2) is 15.0 Å². The average molecular weight is 327 g/mol. The monoisotopic (exact) mass is 327 g/mol. The summed E-state index contributed by atoms with van der Waals surface area (Å²) < 4.78 is 5.82. The molecule has 0 aliphatic carbocycles. The van der Waals surface area contributed by atoms with Crippen molar-refractivity contribution in [1.29, 1.82) is 0 Å². The van der Waals surface area contributed by atoms with E-state index in [2.05, 4.69) is 27.1 Å². The third kappa shape index (κ3) is 3.58. The van der Waals surface area contributed by atoms with Crippen LogP contribution in [0, 0.1) is 0 Å². The van der Waals surface area contributed by atoms with Crippen molar-refractivity contribution in [2.45, 2.75) is 6.61 Å². The number of hydrogen-bond acceptors (Lipinski definition) is 3. The van der Waals surface area contributed by atoms with Gasteiger partial charge in [-0.3, -0.25) is 4.98 Å². The number of benzene rings is 2. The molecule has 2 heterocycles. The first kappa shape index (κ1) is 15.1. The number of nitrogens with zero attached hydrogens (tertiary/aromatic N) is 2. The van der Waals surface area contributed by atoms with Gasteiger partial charge in [0, 0.05) is 23.5 Å².